The molecule has 7 rings (SSSR count). The van der Waals surface area contributed by atoms with E-state index in [1.165, 1.54) is 31.9 Å². The summed E-state index contributed by atoms with van der Waals surface area (Å²) < 4.78 is 30.1. The van der Waals surface area contributed by atoms with E-state index in [4.69, 9.17) is 23.7 Å². The van der Waals surface area contributed by atoms with E-state index in [1.54, 1.807) is 6.07 Å². The molecule has 0 saturated heterocycles. The van der Waals surface area contributed by atoms with Crippen LogP contribution in [0.1, 0.15) is 15.9 Å². The van der Waals surface area contributed by atoms with Crippen LogP contribution in [0.3, 0.4) is 0 Å². The lowest BCUT2D eigenvalue weighted by atomic mass is 9.93. The fourth-order valence-electron chi connectivity index (χ4n) is 5.61. The molecule has 0 bridgehead atoms. The van der Waals surface area contributed by atoms with E-state index in [9.17, 15) is 14.9 Å². The third-order valence-corrected chi connectivity index (χ3v) is 7.36. The summed E-state index contributed by atoms with van der Waals surface area (Å²) in [6.07, 6.45) is 2.76. The van der Waals surface area contributed by atoms with Crippen molar-refractivity contribution in [3.05, 3.63) is 76.0 Å². The Kier molecular flexibility index (Phi) is 5.99. The van der Waals surface area contributed by atoms with Gasteiger partial charge in [0.1, 0.15) is 0 Å². The van der Waals surface area contributed by atoms with Crippen LogP contribution in [0.25, 0.3) is 32.4 Å². The van der Waals surface area contributed by atoms with Gasteiger partial charge in [0, 0.05) is 23.3 Å². The normalized spacial score (nSPS) is 12.9. The van der Waals surface area contributed by atoms with E-state index in [1.807, 2.05) is 24.4 Å². The van der Waals surface area contributed by atoms with E-state index in [0.717, 1.165) is 51.0 Å². The van der Waals surface area contributed by atoms with Crippen LogP contribution in [0, 0.1) is 10.1 Å². The first-order valence-corrected chi connectivity index (χ1v) is 12.2. The van der Waals surface area contributed by atoms with Crippen LogP contribution in [0.15, 0.2) is 54.7 Å². The molecule has 2 aliphatic heterocycles. The van der Waals surface area contributed by atoms with E-state index in [0.29, 0.717) is 17.7 Å². The predicted molar refractivity (Wildman–Crippen MR) is 140 cm³/mol. The molecule has 10 nitrogen and oxygen atoms in total. The molecule has 0 aliphatic carbocycles. The van der Waals surface area contributed by atoms with E-state index in [2.05, 4.69) is 10.6 Å². The lowest BCUT2D eigenvalue weighted by Crippen LogP contribution is -3.00. The maximum atomic E-state index is 13.2. The van der Waals surface area contributed by atoms with Gasteiger partial charge in [-0.15, -0.1) is 0 Å². The average molecular weight is 561 g/mol. The molecule has 0 fully saturated rings. The number of fused-ring (bicyclic) bond motifs is 4. The Balaban J connectivity index is 0.00000289. The van der Waals surface area contributed by atoms with Crippen LogP contribution >= 0.6 is 0 Å². The Morgan fingerprint density at radius 1 is 0.950 bits per heavy atom. The topological polar surface area (TPSA) is 110 Å². The lowest BCUT2D eigenvalue weighted by molar-refractivity contribution is -0.670. The number of nitrogens with zero attached hydrogens (tertiary/aromatic N) is 2. The zero-order chi connectivity index (χ0) is 26.8. The first-order chi connectivity index (χ1) is 19.0. The largest absolute Gasteiger partial charge is 1.00 e. The van der Waals surface area contributed by atoms with Gasteiger partial charge in [-0.1, -0.05) is 0 Å². The number of hydrogen-bond donors (Lipinski definition) is 0. The van der Waals surface area contributed by atoms with E-state index in [-0.39, 0.29) is 41.9 Å². The molecule has 0 amide bonds. The number of methoxy groups -OCH3 is 2. The van der Waals surface area contributed by atoms with Crippen molar-refractivity contribution in [3.63, 3.8) is 0 Å². The number of pyridine rings is 1. The van der Waals surface area contributed by atoms with Crippen molar-refractivity contribution in [2.24, 2.45) is 0 Å². The molecule has 0 unspecified atom stereocenters. The van der Waals surface area contributed by atoms with Crippen molar-refractivity contribution >= 4 is 44.1 Å². The molecule has 40 heavy (non-hydrogen) atoms. The summed E-state index contributed by atoms with van der Waals surface area (Å²) in [5.41, 5.74) is 1.95. The third-order valence-electron chi connectivity index (χ3n) is 7.36. The zero-order valence-electron chi connectivity index (χ0n) is 21.4. The second-order valence-electron chi connectivity index (χ2n) is 9.32. The zero-order valence-corrected chi connectivity index (χ0v) is 22.1. The maximum absolute atomic E-state index is 13.2. The number of hydrogen-bond acceptors (Lipinski definition) is 8. The van der Waals surface area contributed by atoms with Crippen LogP contribution in [-0.4, -0.2) is 31.9 Å². The van der Waals surface area contributed by atoms with Gasteiger partial charge in [0.15, 0.2) is 41.5 Å². The van der Waals surface area contributed by atoms with Gasteiger partial charge in [-0.05, 0) is 48.0 Å². The van der Waals surface area contributed by atoms with E-state index >= 15 is 0 Å². The van der Waals surface area contributed by atoms with Crippen LogP contribution in [0.5, 0.6) is 28.7 Å². The standard InChI is InChI=1S/C29H21N2O8.ClH/c1-35-22-7-3-16(11-21(22)31(33)34)29(32)39-28-20-13-30-10-9-15-12-24-27(38-14-37-24)19-5-4-18(26(30)25(15)19)17(20)6-8-23(28)36-2;/h3-8,11-13H,9-10,14H2,1-2H3;1H/q+1;/p-1. The number of esters is 1. The molecule has 0 saturated carbocycles. The Labute approximate surface area is 233 Å². The molecule has 4 aromatic carbocycles. The summed E-state index contributed by atoms with van der Waals surface area (Å²) in [5.74, 6) is 1.42. The molecule has 0 spiro atoms. The number of benzene rings is 4. The van der Waals surface area contributed by atoms with Crippen LogP contribution < -0.4 is 40.7 Å². The summed E-state index contributed by atoms with van der Waals surface area (Å²) in [6, 6.07) is 13.8. The van der Waals surface area contributed by atoms with Gasteiger partial charge in [-0.25, -0.2) is 4.79 Å². The Bertz CT molecular complexity index is 1910. The summed E-state index contributed by atoms with van der Waals surface area (Å²) in [7, 11) is 2.83. The highest BCUT2D eigenvalue weighted by atomic mass is 35.5. The first-order valence-electron chi connectivity index (χ1n) is 12.2. The predicted octanol–water partition coefficient (Wildman–Crippen LogP) is 1.87. The number of carbonyl (C=O) groups is 1. The smallest absolute Gasteiger partial charge is 0.343 e. The Hall–Kier alpha value is -4.83. The van der Waals surface area contributed by atoms with Gasteiger partial charge >= 0.3 is 11.7 Å². The Morgan fingerprint density at radius 3 is 2.48 bits per heavy atom. The number of aryl methyl sites for hydroxylation is 2. The van der Waals surface area contributed by atoms with Gasteiger partial charge in [0.25, 0.3) is 0 Å². The number of nitro benzene ring substituents is 1. The monoisotopic (exact) mass is 560 g/mol. The molecule has 2 aliphatic rings. The summed E-state index contributed by atoms with van der Waals surface area (Å²) >= 11 is 0. The van der Waals surface area contributed by atoms with Gasteiger partial charge in [-0.2, -0.15) is 4.57 Å². The highest BCUT2D eigenvalue weighted by molar-refractivity contribution is 6.17. The molecule has 0 N–H and O–H groups in total. The molecule has 0 radical (unpaired) electrons. The quantitative estimate of drug-likeness (QED) is 0.0800. The van der Waals surface area contributed by atoms with Crippen LogP contribution in [0.4, 0.5) is 5.69 Å². The maximum Gasteiger partial charge on any atom is 0.343 e. The highest BCUT2D eigenvalue weighted by Crippen LogP contribution is 2.46. The molecular weight excluding hydrogens is 540 g/mol. The molecule has 1 aromatic heterocycles. The van der Waals surface area contributed by atoms with Gasteiger partial charge in [0.2, 0.25) is 12.3 Å². The third kappa shape index (κ3) is 3.64. The van der Waals surface area contributed by atoms with Crippen LogP contribution in [-0.2, 0) is 13.0 Å². The number of carbonyl (C=O) groups excluding carboxylic acids is 1. The summed E-state index contributed by atoms with van der Waals surface area (Å²) in [5, 5.41) is 16.1. The number of aromatic nitrogens is 1. The van der Waals surface area contributed by atoms with Crippen molar-refractivity contribution in [1.82, 2.24) is 0 Å². The van der Waals surface area contributed by atoms with Crippen molar-refractivity contribution < 1.29 is 50.4 Å². The minimum atomic E-state index is -0.751. The van der Waals surface area contributed by atoms with Gasteiger partial charge in [-0.3, -0.25) is 10.1 Å². The Morgan fingerprint density at radius 2 is 1.70 bits per heavy atom. The molecule has 202 valence electrons. The fraction of sp³-hybridized carbons (Fsp3) is 0.172. The second-order valence-corrected chi connectivity index (χ2v) is 9.32. The lowest BCUT2D eigenvalue weighted by Gasteiger charge is -2.18. The summed E-state index contributed by atoms with van der Waals surface area (Å²) in [6.45, 7) is 0.920. The highest BCUT2D eigenvalue weighted by Gasteiger charge is 2.30. The summed E-state index contributed by atoms with van der Waals surface area (Å²) in [4.78, 5) is 24.1. The van der Waals surface area contributed by atoms with Crippen molar-refractivity contribution in [1.29, 1.82) is 0 Å². The molecule has 11 heteroatoms. The van der Waals surface area contributed by atoms with Gasteiger partial charge in [0.05, 0.1) is 40.9 Å². The molecular formula is C29H21ClN2O8. The van der Waals surface area contributed by atoms with Crippen molar-refractivity contribution in [3.8, 4) is 28.7 Å². The molecule has 0 atom stereocenters. The molecule has 5 aromatic rings. The molecule has 3 heterocycles. The fourth-order valence-corrected chi connectivity index (χ4v) is 5.61. The minimum absolute atomic E-state index is 0. The minimum Gasteiger partial charge on any atom is -1.00 e. The second kappa shape index (κ2) is 9.42. The van der Waals surface area contributed by atoms with Crippen molar-refractivity contribution in [2.45, 2.75) is 13.0 Å². The number of nitro groups is 1. The first kappa shape index (κ1) is 25.4. The van der Waals surface area contributed by atoms with E-state index < -0.39 is 10.9 Å². The number of ether oxygens (including phenoxy) is 5. The van der Waals surface area contributed by atoms with Crippen LogP contribution in [0.2, 0.25) is 0 Å². The van der Waals surface area contributed by atoms with Gasteiger partial charge < -0.3 is 36.1 Å². The van der Waals surface area contributed by atoms with Crippen molar-refractivity contribution in [2.75, 3.05) is 21.0 Å². The SMILES string of the molecule is COc1ccc(C(=O)Oc2c(OC)ccc3c2c[n+]2c4c3ccc3c5c(cc(c34)CC2)OCO5)cc1[N+](=O)[O-].[Cl-]. The number of halogens is 1. The average Bonchev–Trinajstić information content (AvgIpc) is 3.44. The number of rotatable bonds is 5.